The van der Waals surface area contributed by atoms with Gasteiger partial charge >= 0.3 is 12.1 Å². The van der Waals surface area contributed by atoms with Crippen molar-refractivity contribution in [3.05, 3.63) is 69.7 Å². The molecule has 5 nitrogen and oxygen atoms in total. The van der Waals surface area contributed by atoms with E-state index < -0.39 is 60.4 Å². The smallest absolute Gasteiger partial charge is 0.414 e. The molecule has 1 aliphatic heterocycles. The number of likely N-dealkylation sites (tertiary alicyclic amines) is 1. The summed E-state index contributed by atoms with van der Waals surface area (Å²) in [6, 6.07) is 11.9. The van der Waals surface area contributed by atoms with Crippen LogP contribution in [0.3, 0.4) is 0 Å². The first-order chi connectivity index (χ1) is 16.8. The summed E-state index contributed by atoms with van der Waals surface area (Å²) in [7, 11) is 0. The van der Waals surface area contributed by atoms with Crippen molar-refractivity contribution in [1.29, 1.82) is 0 Å². The third kappa shape index (κ3) is 6.15. The van der Waals surface area contributed by atoms with Crippen LogP contribution in [0.2, 0.25) is 10.0 Å². The predicted molar refractivity (Wildman–Crippen MR) is 131 cm³/mol. The molecule has 0 aromatic heterocycles. The first-order valence-electron chi connectivity index (χ1n) is 11.6. The number of carbonyl (C=O) groups is 2. The number of aliphatic hydroxyl groups excluding tert-OH is 1. The van der Waals surface area contributed by atoms with Gasteiger partial charge in [-0.2, -0.15) is 13.2 Å². The minimum absolute atomic E-state index is 0.119. The lowest BCUT2D eigenvalue weighted by Crippen LogP contribution is -2.57. The average molecular weight is 546 g/mol. The average Bonchev–Trinajstić information content (AvgIpc) is 2.78. The second kappa shape index (κ2) is 11.0. The van der Waals surface area contributed by atoms with Crippen LogP contribution < -0.4 is 0 Å². The molecule has 1 fully saturated rings. The maximum atomic E-state index is 14.0. The zero-order valence-electron chi connectivity index (χ0n) is 19.8. The predicted octanol–water partition coefficient (Wildman–Crippen LogP) is 6.62. The summed E-state index contributed by atoms with van der Waals surface area (Å²) in [5, 5.41) is 20.4. The number of aliphatic hydroxyl groups is 1. The van der Waals surface area contributed by atoms with Crippen LogP contribution in [0.5, 0.6) is 0 Å². The van der Waals surface area contributed by atoms with E-state index in [0.29, 0.717) is 15.6 Å². The van der Waals surface area contributed by atoms with Crippen LogP contribution in [0, 0.1) is 5.41 Å². The molecule has 2 aromatic rings. The van der Waals surface area contributed by atoms with Gasteiger partial charge in [0, 0.05) is 28.4 Å². The number of alkyl halides is 3. The maximum absolute atomic E-state index is 14.0. The van der Waals surface area contributed by atoms with Crippen molar-refractivity contribution in [2.45, 2.75) is 69.8 Å². The molecule has 3 rings (SSSR count). The van der Waals surface area contributed by atoms with Gasteiger partial charge < -0.3 is 15.1 Å². The molecule has 36 heavy (non-hydrogen) atoms. The van der Waals surface area contributed by atoms with Crippen molar-refractivity contribution in [2.75, 3.05) is 0 Å². The fourth-order valence-corrected chi connectivity index (χ4v) is 5.47. The second-order valence-corrected chi connectivity index (χ2v) is 10.4. The van der Waals surface area contributed by atoms with Crippen molar-refractivity contribution in [1.82, 2.24) is 4.90 Å². The van der Waals surface area contributed by atoms with Crippen LogP contribution >= 0.6 is 23.2 Å². The van der Waals surface area contributed by atoms with Gasteiger partial charge in [-0.3, -0.25) is 9.59 Å². The van der Waals surface area contributed by atoms with E-state index >= 15 is 0 Å². The van der Waals surface area contributed by atoms with E-state index in [4.69, 9.17) is 23.2 Å². The molecule has 0 radical (unpaired) electrons. The lowest BCUT2D eigenvalue weighted by Gasteiger charge is -2.52. The summed E-state index contributed by atoms with van der Waals surface area (Å²) >= 11 is 12.3. The molecular formula is C26H28Cl2F3NO4. The highest BCUT2D eigenvalue weighted by Gasteiger charge is 2.53. The number of aliphatic carboxylic acids is 1. The van der Waals surface area contributed by atoms with Gasteiger partial charge in [-0.1, -0.05) is 61.3 Å². The molecule has 5 atom stereocenters. The monoisotopic (exact) mass is 545 g/mol. The minimum Gasteiger partial charge on any atom is -0.481 e. The number of carbonyl (C=O) groups excluding carboxylic acids is 1. The number of hydrogen-bond acceptors (Lipinski definition) is 3. The van der Waals surface area contributed by atoms with E-state index in [0.717, 1.165) is 5.56 Å². The molecule has 2 N–H and O–H groups in total. The zero-order valence-corrected chi connectivity index (χ0v) is 21.3. The quantitative estimate of drug-likeness (QED) is 0.390. The Bertz CT molecular complexity index is 1100. The molecule has 3 unspecified atom stereocenters. The zero-order chi connectivity index (χ0) is 26.8. The largest absolute Gasteiger partial charge is 0.481 e. The van der Waals surface area contributed by atoms with Crippen molar-refractivity contribution in [3.63, 3.8) is 0 Å². The summed E-state index contributed by atoms with van der Waals surface area (Å²) in [5.74, 6) is -2.24. The van der Waals surface area contributed by atoms with E-state index in [9.17, 15) is 33.0 Å². The molecule has 1 saturated heterocycles. The van der Waals surface area contributed by atoms with Crippen LogP contribution in [-0.2, 0) is 9.59 Å². The van der Waals surface area contributed by atoms with Gasteiger partial charge in [-0.05, 0) is 48.2 Å². The molecule has 196 valence electrons. The fraction of sp³-hybridized carbons (Fsp3) is 0.462. The Hall–Kier alpha value is -2.29. The van der Waals surface area contributed by atoms with Crippen molar-refractivity contribution < 1.29 is 33.0 Å². The highest BCUT2D eigenvalue weighted by molar-refractivity contribution is 6.30. The number of rotatable bonds is 8. The van der Waals surface area contributed by atoms with Gasteiger partial charge in [0.25, 0.3) is 0 Å². The van der Waals surface area contributed by atoms with E-state index in [2.05, 4.69) is 0 Å². The molecule has 1 heterocycles. The van der Waals surface area contributed by atoms with Gasteiger partial charge in [0.05, 0.1) is 17.9 Å². The first kappa shape index (κ1) is 28.3. The Balaban J connectivity index is 2.23. The normalized spacial score (nSPS) is 24.4. The van der Waals surface area contributed by atoms with Crippen molar-refractivity contribution >= 4 is 35.1 Å². The molecule has 2 aromatic carbocycles. The highest BCUT2D eigenvalue weighted by atomic mass is 35.5. The molecule has 0 saturated carbocycles. The van der Waals surface area contributed by atoms with E-state index in [1.54, 1.807) is 55.5 Å². The summed E-state index contributed by atoms with van der Waals surface area (Å²) in [5.41, 5.74) is -0.0314. The number of nitrogens with zero attached hydrogens (tertiary/aromatic N) is 1. The Kier molecular flexibility index (Phi) is 8.63. The van der Waals surface area contributed by atoms with Gasteiger partial charge in [0.15, 0.2) is 6.10 Å². The standard InChI is InChI=1S/C26H28Cl2F3NO4/c1-3-19(12-21(33)26(29,30)31)32-23(15-7-9-17(27)10-8-15)20(16-5-4-6-18(28)11-16)13-25(2,24(32)36)14-22(34)35/h4-11,19-21,23,33H,3,12-14H2,1-2H3,(H,34,35)/t19?,20-,21?,23?,25-/m1/s1. The second-order valence-electron chi connectivity index (χ2n) is 9.56. The van der Waals surface area contributed by atoms with E-state index in [-0.39, 0.29) is 12.8 Å². The van der Waals surface area contributed by atoms with Gasteiger partial charge in [0.1, 0.15) is 0 Å². The molecule has 0 spiro atoms. The highest BCUT2D eigenvalue weighted by Crippen LogP contribution is 2.52. The van der Waals surface area contributed by atoms with Crippen LogP contribution in [0.1, 0.15) is 62.6 Å². The van der Waals surface area contributed by atoms with Crippen LogP contribution in [0.4, 0.5) is 13.2 Å². The molecule has 0 bridgehead atoms. The first-order valence-corrected chi connectivity index (χ1v) is 12.3. The van der Waals surface area contributed by atoms with Crippen LogP contribution in [0.25, 0.3) is 0 Å². The topological polar surface area (TPSA) is 77.8 Å². The molecule has 10 heteroatoms. The summed E-state index contributed by atoms with van der Waals surface area (Å²) in [6.45, 7) is 3.16. The number of benzene rings is 2. The minimum atomic E-state index is -4.86. The third-order valence-electron chi connectivity index (χ3n) is 6.87. The van der Waals surface area contributed by atoms with Gasteiger partial charge in [-0.25, -0.2) is 0 Å². The van der Waals surface area contributed by atoms with E-state index in [1.165, 1.54) is 11.8 Å². The summed E-state index contributed by atoms with van der Waals surface area (Å²) in [6.07, 6.45) is -8.47. The SMILES string of the molecule is CCC(CC(O)C(F)(F)F)N1C(=O)[C@@](C)(CC(=O)O)C[C@H](c2cccc(Cl)c2)C1c1ccc(Cl)cc1. The van der Waals surface area contributed by atoms with Crippen molar-refractivity contribution in [3.8, 4) is 0 Å². The van der Waals surface area contributed by atoms with Gasteiger partial charge in [-0.15, -0.1) is 0 Å². The number of hydrogen-bond donors (Lipinski definition) is 2. The maximum Gasteiger partial charge on any atom is 0.414 e. The number of amides is 1. The Morgan fingerprint density at radius 1 is 1.14 bits per heavy atom. The number of piperidine rings is 1. The number of halogens is 5. The third-order valence-corrected chi connectivity index (χ3v) is 7.36. The molecule has 1 amide bonds. The van der Waals surface area contributed by atoms with Crippen LogP contribution in [-0.4, -0.2) is 45.3 Å². The Labute approximate surface area is 217 Å². The number of carboxylic acid groups (broad SMARTS) is 1. The Morgan fingerprint density at radius 2 is 1.78 bits per heavy atom. The van der Waals surface area contributed by atoms with Crippen molar-refractivity contribution in [2.24, 2.45) is 5.41 Å². The van der Waals surface area contributed by atoms with Crippen LogP contribution in [0.15, 0.2) is 48.5 Å². The number of carboxylic acids is 1. The van der Waals surface area contributed by atoms with Gasteiger partial charge in [0.2, 0.25) is 5.91 Å². The molecular weight excluding hydrogens is 518 g/mol. The summed E-state index contributed by atoms with van der Waals surface area (Å²) < 4.78 is 40.0. The molecule has 0 aliphatic carbocycles. The summed E-state index contributed by atoms with van der Waals surface area (Å²) in [4.78, 5) is 27.1. The molecule has 1 aliphatic rings. The lowest BCUT2D eigenvalue weighted by atomic mass is 9.67. The lowest BCUT2D eigenvalue weighted by molar-refractivity contribution is -0.211. The fourth-order valence-electron chi connectivity index (χ4n) is 5.15. The van der Waals surface area contributed by atoms with E-state index in [1.807, 2.05) is 0 Å². The Morgan fingerprint density at radius 3 is 2.31 bits per heavy atom.